The maximum absolute atomic E-state index is 11.9. The Morgan fingerprint density at radius 1 is 1.04 bits per heavy atom. The van der Waals surface area contributed by atoms with Gasteiger partial charge in [0.15, 0.2) is 0 Å². The minimum Gasteiger partial charge on any atom is -0.466 e. The highest BCUT2D eigenvalue weighted by atomic mass is 16.5. The second-order valence-electron chi connectivity index (χ2n) is 6.64. The van der Waals surface area contributed by atoms with Gasteiger partial charge in [0, 0.05) is 20.3 Å². The molecule has 0 radical (unpaired) electrons. The van der Waals surface area contributed by atoms with Crippen molar-refractivity contribution in [3.05, 3.63) is 0 Å². The number of carbonyl (C=O) groups excluding carboxylic acids is 3. The quantitative estimate of drug-likeness (QED) is 0.383. The zero-order valence-electron chi connectivity index (χ0n) is 15.2. The number of ether oxygens (including phenoxy) is 3. The number of esters is 3. The summed E-state index contributed by atoms with van der Waals surface area (Å²) in [4.78, 5) is 34.2. The Morgan fingerprint density at radius 3 is 2.33 bits per heavy atom. The van der Waals surface area contributed by atoms with Crippen LogP contribution in [0.3, 0.4) is 0 Å². The molecule has 0 N–H and O–H groups in total. The van der Waals surface area contributed by atoms with E-state index in [0.717, 1.165) is 19.3 Å². The molecule has 0 aromatic heterocycles. The third kappa shape index (κ3) is 7.32. The molecule has 1 rings (SSSR count). The Balaban J connectivity index is 2.74. The molecule has 0 bridgehead atoms. The highest BCUT2D eigenvalue weighted by Crippen LogP contribution is 2.40. The largest absolute Gasteiger partial charge is 0.466 e. The van der Waals surface area contributed by atoms with E-state index in [1.807, 2.05) is 0 Å². The van der Waals surface area contributed by atoms with Crippen LogP contribution < -0.4 is 0 Å². The summed E-state index contributed by atoms with van der Waals surface area (Å²) in [5, 5.41) is 0. The molecule has 1 saturated carbocycles. The molecule has 138 valence electrons. The van der Waals surface area contributed by atoms with Crippen LogP contribution in [0.5, 0.6) is 0 Å². The van der Waals surface area contributed by atoms with Crippen LogP contribution in [0.4, 0.5) is 0 Å². The molecule has 24 heavy (non-hydrogen) atoms. The van der Waals surface area contributed by atoms with Gasteiger partial charge in [-0.2, -0.15) is 0 Å². The lowest BCUT2D eigenvalue weighted by atomic mass is 9.69. The second-order valence-corrected chi connectivity index (χ2v) is 6.64. The topological polar surface area (TPSA) is 78.9 Å². The van der Waals surface area contributed by atoms with E-state index < -0.39 is 0 Å². The molecular formula is C18H30O6. The monoisotopic (exact) mass is 342 g/mol. The number of hydrogen-bond acceptors (Lipinski definition) is 6. The van der Waals surface area contributed by atoms with Crippen molar-refractivity contribution < 1.29 is 28.6 Å². The van der Waals surface area contributed by atoms with Crippen LogP contribution in [0.2, 0.25) is 0 Å². The zero-order valence-corrected chi connectivity index (χ0v) is 15.2. The highest BCUT2D eigenvalue weighted by molar-refractivity contribution is 5.69. The van der Waals surface area contributed by atoms with E-state index in [2.05, 4.69) is 6.92 Å². The Bertz CT molecular complexity index is 433. The van der Waals surface area contributed by atoms with Crippen molar-refractivity contribution in [2.45, 2.75) is 65.9 Å². The van der Waals surface area contributed by atoms with E-state index in [9.17, 15) is 14.4 Å². The molecule has 0 heterocycles. The molecule has 0 aromatic carbocycles. The molecule has 4 atom stereocenters. The predicted molar refractivity (Wildman–Crippen MR) is 88.0 cm³/mol. The van der Waals surface area contributed by atoms with Crippen LogP contribution in [-0.4, -0.2) is 37.2 Å². The molecule has 0 unspecified atom stereocenters. The van der Waals surface area contributed by atoms with Gasteiger partial charge in [-0.3, -0.25) is 14.4 Å². The van der Waals surface area contributed by atoms with Crippen molar-refractivity contribution in [2.75, 3.05) is 13.2 Å². The number of hydrogen-bond donors (Lipinski definition) is 0. The predicted octanol–water partition coefficient (Wildman–Crippen LogP) is 2.88. The lowest BCUT2D eigenvalue weighted by Gasteiger charge is -2.40. The molecular weight excluding hydrogens is 312 g/mol. The summed E-state index contributed by atoms with van der Waals surface area (Å²) in [6, 6.07) is 0. The highest BCUT2D eigenvalue weighted by Gasteiger charge is 2.39. The Hall–Kier alpha value is -1.59. The van der Waals surface area contributed by atoms with Gasteiger partial charge in [-0.25, -0.2) is 0 Å². The van der Waals surface area contributed by atoms with Crippen LogP contribution in [0, 0.1) is 17.8 Å². The molecule has 0 saturated heterocycles. The molecule has 1 aliphatic rings. The van der Waals surface area contributed by atoms with Gasteiger partial charge in [-0.15, -0.1) is 0 Å². The lowest BCUT2D eigenvalue weighted by molar-refractivity contribution is -0.156. The van der Waals surface area contributed by atoms with Crippen LogP contribution in [-0.2, 0) is 28.6 Å². The summed E-state index contributed by atoms with van der Waals surface area (Å²) in [5.74, 6) is -0.206. The SMILES string of the molecule is CCOC(=O)C[C@H]1C[C@@H](C)C[C@@H](OC(C)=O)[C@@H]1CCCOC(C)=O. The Morgan fingerprint density at radius 2 is 1.75 bits per heavy atom. The van der Waals surface area contributed by atoms with Crippen molar-refractivity contribution in [1.82, 2.24) is 0 Å². The van der Waals surface area contributed by atoms with E-state index in [4.69, 9.17) is 14.2 Å². The molecule has 0 amide bonds. The van der Waals surface area contributed by atoms with Gasteiger partial charge in [-0.1, -0.05) is 6.92 Å². The van der Waals surface area contributed by atoms with Crippen LogP contribution in [0.1, 0.15) is 59.8 Å². The fourth-order valence-corrected chi connectivity index (χ4v) is 3.64. The molecule has 6 heteroatoms. The van der Waals surface area contributed by atoms with Crippen molar-refractivity contribution >= 4 is 17.9 Å². The summed E-state index contributed by atoms with van der Waals surface area (Å²) < 4.78 is 15.6. The van der Waals surface area contributed by atoms with Crippen molar-refractivity contribution in [3.63, 3.8) is 0 Å². The molecule has 0 aromatic rings. The first-order chi connectivity index (χ1) is 11.3. The van der Waals surface area contributed by atoms with E-state index in [1.54, 1.807) is 6.92 Å². The molecule has 6 nitrogen and oxygen atoms in total. The zero-order chi connectivity index (χ0) is 18.1. The first-order valence-corrected chi connectivity index (χ1v) is 8.79. The minimum atomic E-state index is -0.299. The van der Waals surface area contributed by atoms with Crippen LogP contribution >= 0.6 is 0 Å². The van der Waals surface area contributed by atoms with E-state index in [-0.39, 0.29) is 35.8 Å². The molecule has 0 aliphatic heterocycles. The number of carbonyl (C=O) groups is 3. The van der Waals surface area contributed by atoms with Crippen LogP contribution in [0.15, 0.2) is 0 Å². The van der Waals surface area contributed by atoms with Crippen molar-refractivity contribution in [3.8, 4) is 0 Å². The summed E-state index contributed by atoms with van der Waals surface area (Å²) in [6.07, 6.45) is 3.31. The van der Waals surface area contributed by atoms with Gasteiger partial charge in [0.25, 0.3) is 0 Å². The summed E-state index contributed by atoms with van der Waals surface area (Å²) in [7, 11) is 0. The Kier molecular flexibility index (Phi) is 8.79. The number of rotatable bonds is 8. The normalized spacial score (nSPS) is 26.5. The van der Waals surface area contributed by atoms with E-state index in [0.29, 0.717) is 32.0 Å². The lowest BCUT2D eigenvalue weighted by Crippen LogP contribution is -2.39. The van der Waals surface area contributed by atoms with Crippen LogP contribution in [0.25, 0.3) is 0 Å². The van der Waals surface area contributed by atoms with E-state index >= 15 is 0 Å². The van der Waals surface area contributed by atoms with Gasteiger partial charge in [0.05, 0.1) is 13.2 Å². The minimum absolute atomic E-state index is 0.0880. The third-order valence-corrected chi connectivity index (χ3v) is 4.46. The fourth-order valence-electron chi connectivity index (χ4n) is 3.64. The van der Waals surface area contributed by atoms with Crippen molar-refractivity contribution in [1.29, 1.82) is 0 Å². The van der Waals surface area contributed by atoms with E-state index in [1.165, 1.54) is 13.8 Å². The summed E-state index contributed by atoms with van der Waals surface area (Å²) in [5.41, 5.74) is 0. The van der Waals surface area contributed by atoms with Gasteiger partial charge in [0.2, 0.25) is 0 Å². The Labute approximate surface area is 144 Å². The molecule has 1 fully saturated rings. The maximum Gasteiger partial charge on any atom is 0.306 e. The standard InChI is InChI=1S/C18H30O6/c1-5-22-18(21)11-15-9-12(2)10-17(24-14(4)20)16(15)7-6-8-23-13(3)19/h12,15-17H,5-11H2,1-4H3/t12-,15-,16-,17-/m1/s1. The average molecular weight is 342 g/mol. The van der Waals surface area contributed by atoms with Gasteiger partial charge < -0.3 is 14.2 Å². The fraction of sp³-hybridized carbons (Fsp3) is 0.833. The van der Waals surface area contributed by atoms with Gasteiger partial charge in [0.1, 0.15) is 6.10 Å². The second kappa shape index (κ2) is 10.3. The van der Waals surface area contributed by atoms with Gasteiger partial charge in [-0.05, 0) is 50.4 Å². The summed E-state index contributed by atoms with van der Waals surface area (Å²) in [6.45, 7) is 7.42. The molecule has 0 spiro atoms. The maximum atomic E-state index is 11.9. The smallest absolute Gasteiger partial charge is 0.306 e. The first-order valence-electron chi connectivity index (χ1n) is 8.79. The molecule has 1 aliphatic carbocycles. The third-order valence-electron chi connectivity index (χ3n) is 4.46. The first kappa shape index (κ1) is 20.5. The van der Waals surface area contributed by atoms with Gasteiger partial charge >= 0.3 is 17.9 Å². The summed E-state index contributed by atoms with van der Waals surface area (Å²) >= 11 is 0. The average Bonchev–Trinajstić information content (AvgIpc) is 2.44. The van der Waals surface area contributed by atoms with Crippen molar-refractivity contribution in [2.24, 2.45) is 17.8 Å².